The van der Waals surface area contributed by atoms with E-state index in [9.17, 15) is 40.2 Å². The maximum Gasteiger partial charge on any atom is 0.196 e. The molecule has 55 heavy (non-hydrogen) atoms. The zero-order chi connectivity index (χ0) is 39.5. The summed E-state index contributed by atoms with van der Waals surface area (Å²) in [5, 5.41) is 66.2. The summed E-state index contributed by atoms with van der Waals surface area (Å²) < 4.78 is 12.7. The van der Waals surface area contributed by atoms with Crippen LogP contribution in [0.4, 0.5) is 0 Å². The molecule has 0 fully saturated rings. The molecule has 0 bridgehead atoms. The molecule has 1 aromatic heterocycles. The second-order valence-corrected chi connectivity index (χ2v) is 15.6. The fraction of sp³-hybridized carbons (Fsp3) is 0.289. The number of carbonyl (C=O) groups excluding carboxylic acids is 1. The zero-order valence-electron chi connectivity index (χ0n) is 31.3. The number of ketones is 1. The highest BCUT2D eigenvalue weighted by atomic mass is 16.5. The molecule has 284 valence electrons. The fourth-order valence-corrected chi connectivity index (χ4v) is 8.12. The largest absolute Gasteiger partial charge is 0.508 e. The summed E-state index contributed by atoms with van der Waals surface area (Å²) in [6, 6.07) is 14.2. The molecule has 0 saturated heterocycles. The van der Waals surface area contributed by atoms with Gasteiger partial charge in [-0.3, -0.25) is 9.59 Å². The molecule has 2 aliphatic rings. The van der Waals surface area contributed by atoms with E-state index in [0.29, 0.717) is 29.7 Å². The van der Waals surface area contributed by atoms with Crippen LogP contribution in [0.5, 0.6) is 40.2 Å². The molecule has 5 aromatic rings. The molecule has 3 atom stereocenters. The third kappa shape index (κ3) is 6.77. The molecular weight excluding hydrogens is 700 g/mol. The maximum absolute atomic E-state index is 14.8. The molecule has 10 heteroatoms. The Morgan fingerprint density at radius 2 is 1.60 bits per heavy atom. The van der Waals surface area contributed by atoms with E-state index < -0.39 is 34.6 Å². The van der Waals surface area contributed by atoms with Crippen LogP contribution in [0.1, 0.15) is 91.9 Å². The zero-order valence-corrected chi connectivity index (χ0v) is 31.3. The Labute approximate surface area is 317 Å². The summed E-state index contributed by atoms with van der Waals surface area (Å²) in [6.45, 7) is 9.55. The van der Waals surface area contributed by atoms with Crippen molar-refractivity contribution < 1.29 is 44.6 Å². The number of hydrogen-bond donors (Lipinski definition) is 6. The Kier molecular flexibility index (Phi) is 9.41. The number of allylic oxidation sites excluding steroid dienone is 4. The van der Waals surface area contributed by atoms with Crippen LogP contribution >= 0.6 is 0 Å². The average molecular weight is 745 g/mol. The minimum Gasteiger partial charge on any atom is -0.508 e. The van der Waals surface area contributed by atoms with E-state index in [1.807, 2.05) is 46.8 Å². The minimum atomic E-state index is -0.908. The Hall–Kier alpha value is -6.16. The van der Waals surface area contributed by atoms with Crippen molar-refractivity contribution in [2.45, 2.75) is 77.7 Å². The summed E-state index contributed by atoms with van der Waals surface area (Å²) in [7, 11) is 0. The quantitative estimate of drug-likeness (QED) is 0.0696. The fourth-order valence-electron chi connectivity index (χ4n) is 8.12. The number of phenols is 6. The Morgan fingerprint density at radius 3 is 2.29 bits per heavy atom. The van der Waals surface area contributed by atoms with Gasteiger partial charge in [0.15, 0.2) is 11.2 Å². The van der Waals surface area contributed by atoms with E-state index in [-0.39, 0.29) is 86.3 Å². The van der Waals surface area contributed by atoms with Gasteiger partial charge in [-0.2, -0.15) is 0 Å². The van der Waals surface area contributed by atoms with Crippen molar-refractivity contribution in [2.24, 2.45) is 5.92 Å². The van der Waals surface area contributed by atoms with Crippen molar-refractivity contribution in [3.05, 3.63) is 122 Å². The number of rotatable bonds is 7. The summed E-state index contributed by atoms with van der Waals surface area (Å²) in [6.07, 6.45) is 5.26. The van der Waals surface area contributed by atoms with Gasteiger partial charge in [0.05, 0.1) is 16.5 Å². The predicted octanol–water partition coefficient (Wildman–Crippen LogP) is 9.02. The minimum absolute atomic E-state index is 0.00948. The number of fused-ring (bicyclic) bond motifs is 2. The van der Waals surface area contributed by atoms with Gasteiger partial charge in [0, 0.05) is 46.6 Å². The first-order valence-corrected chi connectivity index (χ1v) is 18.3. The van der Waals surface area contributed by atoms with Crippen molar-refractivity contribution in [1.82, 2.24) is 0 Å². The highest BCUT2D eigenvalue weighted by Crippen LogP contribution is 2.54. The van der Waals surface area contributed by atoms with E-state index in [1.54, 1.807) is 12.1 Å². The van der Waals surface area contributed by atoms with E-state index >= 15 is 0 Å². The van der Waals surface area contributed by atoms with Gasteiger partial charge in [0.2, 0.25) is 0 Å². The first-order chi connectivity index (χ1) is 26.0. The van der Waals surface area contributed by atoms with Gasteiger partial charge in [-0.15, -0.1) is 0 Å². The second-order valence-electron chi connectivity index (χ2n) is 15.6. The number of Topliss-reactive ketones (excluding diaryl/α,β-unsaturated/α-hetero) is 1. The Bertz CT molecular complexity index is 2500. The molecule has 0 amide bonds. The van der Waals surface area contributed by atoms with Crippen molar-refractivity contribution in [1.29, 1.82) is 0 Å². The number of benzene rings is 4. The highest BCUT2D eigenvalue weighted by molar-refractivity contribution is 6.02. The molecule has 2 heterocycles. The molecule has 10 nitrogen and oxygen atoms in total. The van der Waals surface area contributed by atoms with Crippen LogP contribution < -0.4 is 10.2 Å². The molecule has 0 radical (unpaired) electrons. The van der Waals surface area contributed by atoms with Gasteiger partial charge in [-0.05, 0) is 108 Å². The van der Waals surface area contributed by atoms with Gasteiger partial charge in [-0.25, -0.2) is 0 Å². The molecule has 0 saturated carbocycles. The van der Waals surface area contributed by atoms with Crippen molar-refractivity contribution in [2.75, 3.05) is 0 Å². The lowest BCUT2D eigenvalue weighted by Gasteiger charge is -2.38. The van der Waals surface area contributed by atoms with E-state index in [1.165, 1.54) is 42.5 Å². The standard InChI is InChI=1S/C45H44O10/c1-22(2)6-9-30-42(53)31-12-14-34(48)39(44(31)54-43(30)27-11-8-25(47)21-36(27)50)32-18-23(3)19-33(38(32)26-10-7-24(46)20-35(26)49)41(52)29-13-15-37-28(40(29)51)16-17-45(4,5)55-37/h6-8,10-15,18,20-21,32-33,38,46-51H,9,16-17,19H2,1-5H3. The monoisotopic (exact) mass is 744 g/mol. The Morgan fingerprint density at radius 1 is 0.891 bits per heavy atom. The van der Waals surface area contributed by atoms with Crippen molar-refractivity contribution in [3.8, 4) is 51.6 Å². The number of aromatic hydroxyl groups is 6. The third-order valence-electron chi connectivity index (χ3n) is 10.8. The normalized spacial score (nSPS) is 18.9. The van der Waals surface area contributed by atoms with E-state index in [0.717, 1.165) is 17.2 Å². The van der Waals surface area contributed by atoms with E-state index in [4.69, 9.17) is 9.15 Å². The number of phenolic OH excluding ortho intramolecular Hbond substituents is 6. The number of ether oxygens (including phenoxy) is 1. The van der Waals surface area contributed by atoms with Crippen LogP contribution in [-0.2, 0) is 12.8 Å². The highest BCUT2D eigenvalue weighted by Gasteiger charge is 2.43. The van der Waals surface area contributed by atoms with Gasteiger partial charge in [-0.1, -0.05) is 29.4 Å². The van der Waals surface area contributed by atoms with Crippen LogP contribution in [0.3, 0.4) is 0 Å². The predicted molar refractivity (Wildman–Crippen MR) is 209 cm³/mol. The average Bonchev–Trinajstić information content (AvgIpc) is 3.10. The molecular formula is C45H44O10. The van der Waals surface area contributed by atoms with Gasteiger partial charge < -0.3 is 39.8 Å². The molecule has 1 aliphatic heterocycles. The lowest BCUT2D eigenvalue weighted by molar-refractivity contribution is 0.0830. The van der Waals surface area contributed by atoms with Gasteiger partial charge >= 0.3 is 0 Å². The molecule has 7 rings (SSSR count). The van der Waals surface area contributed by atoms with Crippen LogP contribution in [0.25, 0.3) is 22.3 Å². The number of carbonyl (C=O) groups is 1. The number of hydrogen-bond acceptors (Lipinski definition) is 10. The van der Waals surface area contributed by atoms with Crippen LogP contribution in [0, 0.1) is 5.92 Å². The summed E-state index contributed by atoms with van der Waals surface area (Å²) in [5.74, 6) is -3.97. The second kappa shape index (κ2) is 13.9. The SMILES string of the molecule is CC(C)=CCc1c(-c2ccc(O)cc2O)oc2c(C3C=C(C)CC(C(=O)c4ccc5c(c4O)CCC(C)(C)O5)C3c3ccc(O)cc3O)c(O)ccc2c1=O. The van der Waals surface area contributed by atoms with Crippen molar-refractivity contribution >= 4 is 16.8 Å². The van der Waals surface area contributed by atoms with Crippen LogP contribution in [0.15, 0.2) is 93.2 Å². The lowest BCUT2D eigenvalue weighted by atomic mass is 9.65. The molecule has 1 aliphatic carbocycles. The molecule has 6 N–H and O–H groups in total. The molecule has 3 unspecified atom stereocenters. The smallest absolute Gasteiger partial charge is 0.196 e. The van der Waals surface area contributed by atoms with Crippen molar-refractivity contribution in [3.63, 3.8) is 0 Å². The molecule has 0 spiro atoms. The first kappa shape index (κ1) is 37.2. The summed E-state index contributed by atoms with van der Waals surface area (Å²) >= 11 is 0. The topological polar surface area (TPSA) is 178 Å². The molecule has 4 aromatic carbocycles. The summed E-state index contributed by atoms with van der Waals surface area (Å²) in [4.78, 5) is 29.3. The van der Waals surface area contributed by atoms with Crippen LogP contribution in [0.2, 0.25) is 0 Å². The van der Waals surface area contributed by atoms with Gasteiger partial charge in [0.1, 0.15) is 57.2 Å². The van der Waals surface area contributed by atoms with Crippen LogP contribution in [-0.4, -0.2) is 42.0 Å². The lowest BCUT2D eigenvalue weighted by Crippen LogP contribution is -2.33. The maximum atomic E-state index is 14.8. The summed E-state index contributed by atoms with van der Waals surface area (Å²) in [5.41, 5.74) is 2.38. The van der Waals surface area contributed by atoms with Gasteiger partial charge in [0.25, 0.3) is 0 Å². The Balaban J connectivity index is 1.47. The van der Waals surface area contributed by atoms with E-state index in [2.05, 4.69) is 0 Å². The third-order valence-corrected chi connectivity index (χ3v) is 10.8. The first-order valence-electron chi connectivity index (χ1n) is 18.3.